The fraction of sp³-hybridized carbons (Fsp3) is 0.238. The van der Waals surface area contributed by atoms with E-state index in [2.05, 4.69) is 5.32 Å². The highest BCUT2D eigenvalue weighted by atomic mass is 16.5. The summed E-state index contributed by atoms with van der Waals surface area (Å²) in [6.45, 7) is 2.27. The number of hydrogen-bond donors (Lipinski definition) is 1. The first-order chi connectivity index (χ1) is 13.2. The first-order valence-corrected chi connectivity index (χ1v) is 8.76. The van der Waals surface area contributed by atoms with E-state index in [0.29, 0.717) is 37.6 Å². The summed E-state index contributed by atoms with van der Waals surface area (Å²) in [5.41, 5.74) is 2.02. The quantitative estimate of drug-likeness (QED) is 0.827. The van der Waals surface area contributed by atoms with Crippen LogP contribution < -0.4 is 10.1 Å². The molecule has 1 aliphatic heterocycles. The molecule has 0 unspecified atom stereocenters. The molecule has 0 saturated carbocycles. The number of rotatable bonds is 5. The van der Waals surface area contributed by atoms with Crippen molar-refractivity contribution in [1.29, 1.82) is 0 Å². The van der Waals surface area contributed by atoms with Gasteiger partial charge in [0.25, 0.3) is 5.91 Å². The lowest BCUT2D eigenvalue weighted by Crippen LogP contribution is -2.40. The average molecular weight is 366 g/mol. The second-order valence-corrected chi connectivity index (χ2v) is 6.08. The van der Waals surface area contributed by atoms with Crippen LogP contribution in [0.3, 0.4) is 0 Å². The molecule has 0 aromatic heterocycles. The normalized spacial score (nSPS) is 14.2. The highest BCUT2D eigenvalue weighted by Gasteiger charge is 2.18. The molecule has 1 heterocycles. The molecule has 3 rings (SSSR count). The van der Waals surface area contributed by atoms with Crippen LogP contribution in [0.1, 0.15) is 15.9 Å². The Labute approximate surface area is 158 Å². The summed E-state index contributed by atoms with van der Waals surface area (Å²) in [6.07, 6.45) is 3.18. The largest absolute Gasteiger partial charge is 0.497 e. The molecule has 140 valence electrons. The lowest BCUT2D eigenvalue weighted by atomic mass is 10.1. The molecule has 2 amide bonds. The van der Waals surface area contributed by atoms with Gasteiger partial charge >= 0.3 is 0 Å². The van der Waals surface area contributed by atoms with Gasteiger partial charge in [-0.05, 0) is 42.0 Å². The number of anilines is 1. The Kier molecular flexibility index (Phi) is 6.22. The lowest BCUT2D eigenvalue weighted by Gasteiger charge is -2.27. The van der Waals surface area contributed by atoms with Crippen molar-refractivity contribution in [3.05, 3.63) is 65.7 Å². The molecular weight excluding hydrogens is 344 g/mol. The Morgan fingerprint density at radius 3 is 2.56 bits per heavy atom. The zero-order valence-electron chi connectivity index (χ0n) is 15.2. The number of hydrogen-bond acceptors (Lipinski definition) is 4. The molecule has 0 bridgehead atoms. The van der Waals surface area contributed by atoms with Gasteiger partial charge in [-0.25, -0.2) is 0 Å². The van der Waals surface area contributed by atoms with Crippen molar-refractivity contribution >= 4 is 23.6 Å². The molecule has 1 N–H and O–H groups in total. The fourth-order valence-corrected chi connectivity index (χ4v) is 2.75. The van der Waals surface area contributed by atoms with Crippen LogP contribution in [-0.2, 0) is 9.53 Å². The number of nitrogens with one attached hydrogen (secondary N) is 1. The van der Waals surface area contributed by atoms with E-state index in [-0.39, 0.29) is 11.8 Å². The Hall–Kier alpha value is -3.12. The van der Waals surface area contributed by atoms with Gasteiger partial charge in [0.1, 0.15) is 5.75 Å². The van der Waals surface area contributed by atoms with Crippen LogP contribution in [0.2, 0.25) is 0 Å². The Morgan fingerprint density at radius 2 is 1.85 bits per heavy atom. The van der Waals surface area contributed by atoms with Gasteiger partial charge in [-0.2, -0.15) is 0 Å². The van der Waals surface area contributed by atoms with Crippen LogP contribution >= 0.6 is 0 Å². The molecule has 1 fully saturated rings. The average Bonchev–Trinajstić information content (AvgIpc) is 2.73. The zero-order valence-corrected chi connectivity index (χ0v) is 15.2. The van der Waals surface area contributed by atoms with E-state index in [9.17, 15) is 9.59 Å². The number of carbonyl (C=O) groups excluding carboxylic acids is 2. The molecule has 27 heavy (non-hydrogen) atoms. The monoisotopic (exact) mass is 366 g/mol. The fourth-order valence-electron chi connectivity index (χ4n) is 2.75. The van der Waals surface area contributed by atoms with E-state index in [0.717, 1.165) is 11.3 Å². The SMILES string of the molecule is COc1ccc(/C=C/C(=O)Nc2cccc(C(=O)N3CCOCC3)c2)cc1. The number of amides is 2. The second kappa shape index (κ2) is 9.00. The molecule has 0 aliphatic carbocycles. The Morgan fingerprint density at radius 1 is 1.11 bits per heavy atom. The summed E-state index contributed by atoms with van der Waals surface area (Å²) in [5, 5.41) is 2.79. The molecule has 2 aromatic rings. The second-order valence-electron chi connectivity index (χ2n) is 6.08. The van der Waals surface area contributed by atoms with Crippen LogP contribution in [0.4, 0.5) is 5.69 Å². The molecule has 1 saturated heterocycles. The molecule has 6 heteroatoms. The number of benzene rings is 2. The van der Waals surface area contributed by atoms with Crippen molar-refractivity contribution in [3.8, 4) is 5.75 Å². The third kappa shape index (κ3) is 5.18. The summed E-state index contributed by atoms with van der Waals surface area (Å²) >= 11 is 0. The predicted octanol–water partition coefficient (Wildman–Crippen LogP) is 2.82. The molecular formula is C21H22N2O4. The van der Waals surface area contributed by atoms with Crippen LogP contribution in [0.5, 0.6) is 5.75 Å². The van der Waals surface area contributed by atoms with Crippen molar-refractivity contribution in [3.63, 3.8) is 0 Å². The van der Waals surface area contributed by atoms with Crippen molar-refractivity contribution in [2.75, 3.05) is 38.7 Å². The van der Waals surface area contributed by atoms with E-state index < -0.39 is 0 Å². The van der Waals surface area contributed by atoms with Gasteiger partial charge in [0.05, 0.1) is 20.3 Å². The molecule has 6 nitrogen and oxygen atoms in total. The van der Waals surface area contributed by atoms with Gasteiger partial charge in [0.15, 0.2) is 0 Å². The molecule has 0 spiro atoms. The van der Waals surface area contributed by atoms with Gasteiger partial charge < -0.3 is 19.7 Å². The summed E-state index contributed by atoms with van der Waals surface area (Å²) in [6, 6.07) is 14.4. The van der Waals surface area contributed by atoms with E-state index in [4.69, 9.17) is 9.47 Å². The molecule has 0 atom stereocenters. The Bertz CT molecular complexity index is 824. The Balaban J connectivity index is 1.61. The first kappa shape index (κ1) is 18.7. The maximum atomic E-state index is 12.5. The van der Waals surface area contributed by atoms with Gasteiger partial charge in [0, 0.05) is 30.4 Å². The third-order valence-corrected chi connectivity index (χ3v) is 4.22. The minimum Gasteiger partial charge on any atom is -0.497 e. The van der Waals surface area contributed by atoms with Crippen LogP contribution in [0, 0.1) is 0 Å². The maximum absolute atomic E-state index is 12.5. The van der Waals surface area contributed by atoms with Crippen LogP contribution in [-0.4, -0.2) is 50.1 Å². The third-order valence-electron chi connectivity index (χ3n) is 4.22. The highest BCUT2D eigenvalue weighted by Crippen LogP contribution is 2.15. The molecule has 2 aromatic carbocycles. The van der Waals surface area contributed by atoms with E-state index in [1.165, 1.54) is 6.08 Å². The predicted molar refractivity (Wildman–Crippen MR) is 104 cm³/mol. The van der Waals surface area contributed by atoms with Gasteiger partial charge in [0.2, 0.25) is 5.91 Å². The summed E-state index contributed by atoms with van der Waals surface area (Å²) in [7, 11) is 1.61. The number of carbonyl (C=O) groups is 2. The zero-order chi connectivity index (χ0) is 19.1. The summed E-state index contributed by atoms with van der Waals surface area (Å²) < 4.78 is 10.4. The topological polar surface area (TPSA) is 67.9 Å². The van der Waals surface area contributed by atoms with E-state index in [1.54, 1.807) is 42.4 Å². The highest BCUT2D eigenvalue weighted by molar-refractivity contribution is 6.03. The maximum Gasteiger partial charge on any atom is 0.254 e. The standard InChI is InChI=1S/C21H22N2O4/c1-26-19-8-5-16(6-9-19)7-10-20(24)22-18-4-2-3-17(15-18)21(25)23-11-13-27-14-12-23/h2-10,15H,11-14H2,1H3,(H,22,24)/b10-7+. The minimum atomic E-state index is -0.262. The van der Waals surface area contributed by atoms with Gasteiger partial charge in [-0.3, -0.25) is 9.59 Å². The van der Waals surface area contributed by atoms with Gasteiger partial charge in [-0.1, -0.05) is 18.2 Å². The van der Waals surface area contributed by atoms with Crippen LogP contribution in [0.15, 0.2) is 54.6 Å². The minimum absolute atomic E-state index is 0.0526. The van der Waals surface area contributed by atoms with Gasteiger partial charge in [-0.15, -0.1) is 0 Å². The molecule has 0 radical (unpaired) electrons. The summed E-state index contributed by atoms with van der Waals surface area (Å²) in [5.74, 6) is 0.448. The van der Waals surface area contributed by atoms with E-state index >= 15 is 0 Å². The van der Waals surface area contributed by atoms with Crippen molar-refractivity contribution in [2.24, 2.45) is 0 Å². The van der Waals surface area contributed by atoms with Crippen molar-refractivity contribution in [2.45, 2.75) is 0 Å². The first-order valence-electron chi connectivity index (χ1n) is 8.76. The van der Waals surface area contributed by atoms with Crippen LogP contribution in [0.25, 0.3) is 6.08 Å². The van der Waals surface area contributed by atoms with Crippen molar-refractivity contribution in [1.82, 2.24) is 4.90 Å². The number of morpholine rings is 1. The number of ether oxygens (including phenoxy) is 2. The summed E-state index contributed by atoms with van der Waals surface area (Å²) in [4.78, 5) is 26.4. The number of nitrogens with zero attached hydrogens (tertiary/aromatic N) is 1. The number of methoxy groups -OCH3 is 1. The van der Waals surface area contributed by atoms with E-state index in [1.807, 2.05) is 24.3 Å². The smallest absolute Gasteiger partial charge is 0.254 e. The van der Waals surface area contributed by atoms with Crippen molar-refractivity contribution < 1.29 is 19.1 Å². The lowest BCUT2D eigenvalue weighted by molar-refractivity contribution is -0.111. The molecule has 1 aliphatic rings.